The lowest BCUT2D eigenvalue weighted by Gasteiger charge is -2.10. The Balaban J connectivity index is 1.66. The zero-order chi connectivity index (χ0) is 17.6. The van der Waals surface area contributed by atoms with Crippen molar-refractivity contribution in [3.8, 4) is 11.1 Å². The standard InChI is InChI=1S/C19H13Cl2NO2S/c20-18-8-6-15(11-19(18)21)25(23,24)22-14-5-7-17-13(10-14)9-12-3-1-2-4-16(12)17/h1-8,10-11,22H,9H2. The van der Waals surface area contributed by atoms with Crippen LogP contribution in [0.3, 0.4) is 0 Å². The molecule has 0 heterocycles. The number of hydrogen-bond acceptors (Lipinski definition) is 2. The Morgan fingerprint density at radius 2 is 1.56 bits per heavy atom. The van der Waals surface area contributed by atoms with Crippen LogP contribution >= 0.6 is 23.2 Å². The summed E-state index contributed by atoms with van der Waals surface area (Å²) < 4.78 is 27.7. The molecule has 0 spiro atoms. The highest BCUT2D eigenvalue weighted by Crippen LogP contribution is 2.38. The van der Waals surface area contributed by atoms with Gasteiger partial charge in [0, 0.05) is 5.69 Å². The van der Waals surface area contributed by atoms with Gasteiger partial charge in [-0.15, -0.1) is 0 Å². The number of nitrogens with one attached hydrogen (secondary N) is 1. The predicted octanol–water partition coefficient (Wildman–Crippen LogP) is 5.37. The third-order valence-electron chi connectivity index (χ3n) is 4.25. The van der Waals surface area contributed by atoms with E-state index in [1.54, 1.807) is 6.07 Å². The van der Waals surface area contributed by atoms with Gasteiger partial charge in [0.05, 0.1) is 14.9 Å². The van der Waals surface area contributed by atoms with E-state index in [1.165, 1.54) is 29.3 Å². The molecule has 0 saturated carbocycles. The summed E-state index contributed by atoms with van der Waals surface area (Å²) in [6.45, 7) is 0. The summed E-state index contributed by atoms with van der Waals surface area (Å²) in [5.74, 6) is 0. The van der Waals surface area contributed by atoms with E-state index in [4.69, 9.17) is 23.2 Å². The van der Waals surface area contributed by atoms with E-state index >= 15 is 0 Å². The second-order valence-corrected chi connectivity index (χ2v) is 8.38. The molecule has 0 fully saturated rings. The average molecular weight is 390 g/mol. The van der Waals surface area contributed by atoms with Crippen molar-refractivity contribution in [2.75, 3.05) is 4.72 Å². The summed E-state index contributed by atoms with van der Waals surface area (Å²) in [4.78, 5) is 0.0747. The molecule has 25 heavy (non-hydrogen) atoms. The Bertz CT molecular complexity index is 1090. The Morgan fingerprint density at radius 1 is 0.800 bits per heavy atom. The molecule has 6 heteroatoms. The van der Waals surface area contributed by atoms with Gasteiger partial charge in [-0.3, -0.25) is 4.72 Å². The van der Waals surface area contributed by atoms with Gasteiger partial charge >= 0.3 is 0 Å². The van der Waals surface area contributed by atoms with E-state index in [9.17, 15) is 8.42 Å². The van der Waals surface area contributed by atoms with Crippen LogP contribution in [0.25, 0.3) is 11.1 Å². The number of benzene rings is 3. The molecule has 0 amide bonds. The Kier molecular flexibility index (Phi) is 3.99. The van der Waals surface area contributed by atoms with E-state index < -0.39 is 10.0 Å². The summed E-state index contributed by atoms with van der Waals surface area (Å²) in [6.07, 6.45) is 0.799. The lowest BCUT2D eigenvalue weighted by molar-refractivity contribution is 0.601. The fourth-order valence-electron chi connectivity index (χ4n) is 3.07. The molecule has 0 aromatic heterocycles. The molecule has 0 radical (unpaired) electrons. The minimum absolute atomic E-state index is 0.0747. The molecule has 1 aliphatic rings. The minimum Gasteiger partial charge on any atom is -0.280 e. The normalized spacial score (nSPS) is 12.6. The van der Waals surface area contributed by atoms with Crippen molar-refractivity contribution < 1.29 is 8.42 Å². The first-order chi connectivity index (χ1) is 11.9. The summed E-state index contributed by atoms with van der Waals surface area (Å²) in [6, 6.07) is 18.0. The maximum Gasteiger partial charge on any atom is 0.261 e. The quantitative estimate of drug-likeness (QED) is 0.512. The van der Waals surface area contributed by atoms with Crippen LogP contribution in [0.15, 0.2) is 65.6 Å². The number of anilines is 1. The minimum atomic E-state index is -3.73. The highest BCUT2D eigenvalue weighted by molar-refractivity contribution is 7.92. The molecule has 0 aliphatic heterocycles. The molecule has 0 unspecified atom stereocenters. The molecule has 0 saturated heterocycles. The number of hydrogen-bond donors (Lipinski definition) is 1. The molecule has 3 nitrogen and oxygen atoms in total. The van der Waals surface area contributed by atoms with Gasteiger partial charge in [0.25, 0.3) is 10.0 Å². The molecule has 0 atom stereocenters. The first kappa shape index (κ1) is 16.5. The van der Waals surface area contributed by atoms with Gasteiger partial charge in [0.2, 0.25) is 0 Å². The molecule has 3 aromatic rings. The van der Waals surface area contributed by atoms with E-state index in [-0.39, 0.29) is 9.92 Å². The second-order valence-electron chi connectivity index (χ2n) is 5.89. The van der Waals surface area contributed by atoms with Crippen molar-refractivity contribution in [2.24, 2.45) is 0 Å². The predicted molar refractivity (Wildman–Crippen MR) is 102 cm³/mol. The lowest BCUT2D eigenvalue weighted by Crippen LogP contribution is -2.13. The molecular formula is C19H13Cl2NO2S. The van der Waals surface area contributed by atoms with Gasteiger partial charge in [-0.25, -0.2) is 8.42 Å². The largest absolute Gasteiger partial charge is 0.280 e. The third kappa shape index (κ3) is 3.01. The van der Waals surface area contributed by atoms with Gasteiger partial charge < -0.3 is 0 Å². The van der Waals surface area contributed by atoms with Crippen LogP contribution in [0.5, 0.6) is 0 Å². The number of rotatable bonds is 3. The fraction of sp³-hybridized carbons (Fsp3) is 0.0526. The first-order valence-corrected chi connectivity index (χ1v) is 9.87. The monoisotopic (exact) mass is 389 g/mol. The van der Waals surface area contributed by atoms with Crippen LogP contribution < -0.4 is 4.72 Å². The van der Waals surface area contributed by atoms with Crippen molar-refractivity contribution in [2.45, 2.75) is 11.3 Å². The van der Waals surface area contributed by atoms with Crippen LogP contribution in [0.1, 0.15) is 11.1 Å². The fourth-order valence-corrected chi connectivity index (χ4v) is 4.50. The zero-order valence-electron chi connectivity index (χ0n) is 13.0. The number of halogens is 2. The molecule has 3 aromatic carbocycles. The van der Waals surface area contributed by atoms with Crippen LogP contribution in [-0.2, 0) is 16.4 Å². The summed E-state index contributed by atoms with van der Waals surface area (Å²) >= 11 is 11.8. The SMILES string of the molecule is O=S(=O)(Nc1ccc2c(c1)Cc1ccccc1-2)c1ccc(Cl)c(Cl)c1. The average Bonchev–Trinajstić information content (AvgIpc) is 2.94. The molecule has 126 valence electrons. The maximum atomic E-state index is 12.6. The Hall–Kier alpha value is -2.01. The van der Waals surface area contributed by atoms with Gasteiger partial charge in [-0.05, 0) is 59.0 Å². The summed E-state index contributed by atoms with van der Waals surface area (Å²) in [5.41, 5.74) is 5.24. The van der Waals surface area contributed by atoms with E-state index in [0.717, 1.165) is 17.5 Å². The van der Waals surface area contributed by atoms with Crippen molar-refractivity contribution in [1.29, 1.82) is 0 Å². The van der Waals surface area contributed by atoms with Crippen molar-refractivity contribution >= 4 is 38.9 Å². The molecule has 1 aliphatic carbocycles. The number of fused-ring (bicyclic) bond motifs is 3. The van der Waals surface area contributed by atoms with Crippen LogP contribution in [0.2, 0.25) is 10.0 Å². The smallest absolute Gasteiger partial charge is 0.261 e. The summed E-state index contributed by atoms with van der Waals surface area (Å²) in [5, 5.41) is 0.518. The van der Waals surface area contributed by atoms with Crippen LogP contribution in [-0.4, -0.2) is 8.42 Å². The van der Waals surface area contributed by atoms with Gasteiger partial charge in [0.15, 0.2) is 0 Å². The molecule has 0 bridgehead atoms. The van der Waals surface area contributed by atoms with Crippen molar-refractivity contribution in [3.63, 3.8) is 0 Å². The van der Waals surface area contributed by atoms with E-state index in [2.05, 4.69) is 16.9 Å². The Morgan fingerprint density at radius 3 is 2.36 bits per heavy atom. The second kappa shape index (κ2) is 6.06. The Labute approximate surface area is 156 Å². The molecule has 4 rings (SSSR count). The lowest BCUT2D eigenvalue weighted by atomic mass is 10.1. The van der Waals surface area contributed by atoms with E-state index in [1.807, 2.05) is 24.3 Å². The van der Waals surface area contributed by atoms with E-state index in [0.29, 0.717) is 10.7 Å². The number of sulfonamides is 1. The molecular weight excluding hydrogens is 377 g/mol. The summed E-state index contributed by atoms with van der Waals surface area (Å²) in [7, 11) is -3.73. The van der Waals surface area contributed by atoms with Gasteiger partial charge in [-0.2, -0.15) is 0 Å². The van der Waals surface area contributed by atoms with Crippen molar-refractivity contribution in [1.82, 2.24) is 0 Å². The maximum absolute atomic E-state index is 12.6. The highest BCUT2D eigenvalue weighted by atomic mass is 35.5. The van der Waals surface area contributed by atoms with Crippen LogP contribution in [0.4, 0.5) is 5.69 Å². The van der Waals surface area contributed by atoms with Crippen molar-refractivity contribution in [3.05, 3.63) is 81.8 Å². The topological polar surface area (TPSA) is 46.2 Å². The first-order valence-electron chi connectivity index (χ1n) is 7.63. The van der Waals surface area contributed by atoms with Gasteiger partial charge in [-0.1, -0.05) is 53.5 Å². The van der Waals surface area contributed by atoms with Gasteiger partial charge in [0.1, 0.15) is 0 Å². The zero-order valence-corrected chi connectivity index (χ0v) is 15.3. The molecule has 1 N–H and O–H groups in total. The highest BCUT2D eigenvalue weighted by Gasteiger charge is 2.20. The van der Waals surface area contributed by atoms with Crippen LogP contribution in [0, 0.1) is 0 Å². The third-order valence-corrected chi connectivity index (χ3v) is 6.37.